The van der Waals surface area contributed by atoms with Crippen molar-refractivity contribution in [2.24, 2.45) is 11.7 Å². The molecule has 4 nitrogen and oxygen atoms in total. The van der Waals surface area contributed by atoms with Gasteiger partial charge < -0.3 is 21.1 Å². The Balaban J connectivity index is 2.31. The number of phenols is 3. The van der Waals surface area contributed by atoms with E-state index in [-0.39, 0.29) is 17.5 Å². The molecule has 0 heterocycles. The standard InChI is InChI=1S/C11H15NO3/c12-9(6-2-1-3-6)7-4-5-8(13)11(15)10(7)14/h4-6,9,13-15H,1-3,12H2/t9-/m1/s1. The molecule has 1 aromatic carbocycles. The van der Waals surface area contributed by atoms with Crippen LogP contribution in [0.5, 0.6) is 17.2 Å². The van der Waals surface area contributed by atoms with Gasteiger partial charge in [0.05, 0.1) is 0 Å². The van der Waals surface area contributed by atoms with Crippen LogP contribution in [0.2, 0.25) is 0 Å². The molecule has 0 aliphatic heterocycles. The molecule has 1 fully saturated rings. The van der Waals surface area contributed by atoms with Gasteiger partial charge in [0.25, 0.3) is 0 Å². The molecule has 15 heavy (non-hydrogen) atoms. The molecule has 1 atom stereocenters. The van der Waals surface area contributed by atoms with Crippen LogP contribution < -0.4 is 5.73 Å². The second kappa shape index (κ2) is 3.62. The van der Waals surface area contributed by atoms with Crippen molar-refractivity contribution in [2.45, 2.75) is 25.3 Å². The first-order valence-electron chi connectivity index (χ1n) is 5.10. The van der Waals surface area contributed by atoms with E-state index in [9.17, 15) is 10.2 Å². The molecule has 0 bridgehead atoms. The first-order chi connectivity index (χ1) is 7.11. The van der Waals surface area contributed by atoms with E-state index in [0.717, 1.165) is 12.8 Å². The van der Waals surface area contributed by atoms with E-state index in [4.69, 9.17) is 10.8 Å². The first-order valence-corrected chi connectivity index (χ1v) is 5.10. The van der Waals surface area contributed by atoms with Gasteiger partial charge in [0.2, 0.25) is 5.75 Å². The molecule has 1 aliphatic carbocycles. The summed E-state index contributed by atoms with van der Waals surface area (Å²) in [5.41, 5.74) is 6.48. The average molecular weight is 209 g/mol. The Morgan fingerprint density at radius 1 is 1.13 bits per heavy atom. The number of phenolic OH excluding ortho intramolecular Hbond substituents is 3. The largest absolute Gasteiger partial charge is 0.504 e. The Bertz CT molecular complexity index is 374. The Morgan fingerprint density at radius 2 is 1.80 bits per heavy atom. The van der Waals surface area contributed by atoms with Gasteiger partial charge in [-0.15, -0.1) is 0 Å². The summed E-state index contributed by atoms with van der Waals surface area (Å²) in [6.07, 6.45) is 3.29. The van der Waals surface area contributed by atoms with Gasteiger partial charge in [0.15, 0.2) is 11.5 Å². The predicted octanol–water partition coefficient (Wildman–Crippen LogP) is 1.60. The lowest BCUT2D eigenvalue weighted by Gasteiger charge is -2.31. The van der Waals surface area contributed by atoms with E-state index < -0.39 is 5.75 Å². The molecule has 0 unspecified atom stereocenters. The zero-order valence-corrected chi connectivity index (χ0v) is 8.35. The summed E-state index contributed by atoms with van der Waals surface area (Å²) in [4.78, 5) is 0. The predicted molar refractivity (Wildman–Crippen MR) is 55.7 cm³/mol. The summed E-state index contributed by atoms with van der Waals surface area (Å²) < 4.78 is 0. The van der Waals surface area contributed by atoms with Gasteiger partial charge in [0, 0.05) is 11.6 Å². The molecule has 5 N–H and O–H groups in total. The maximum absolute atomic E-state index is 9.63. The third-order valence-electron chi connectivity index (χ3n) is 3.18. The molecule has 0 spiro atoms. The zero-order valence-electron chi connectivity index (χ0n) is 8.35. The van der Waals surface area contributed by atoms with Gasteiger partial charge in [-0.3, -0.25) is 0 Å². The number of benzene rings is 1. The lowest BCUT2D eigenvalue weighted by molar-refractivity contribution is 0.258. The molecule has 1 aliphatic rings. The van der Waals surface area contributed by atoms with Crippen molar-refractivity contribution in [3.8, 4) is 17.2 Å². The second-order valence-corrected chi connectivity index (χ2v) is 4.09. The number of aromatic hydroxyl groups is 3. The average Bonchev–Trinajstić information content (AvgIpc) is 2.11. The van der Waals surface area contributed by atoms with E-state index in [1.54, 1.807) is 6.07 Å². The SMILES string of the molecule is N[C@@H](c1ccc(O)c(O)c1O)C1CCC1. The van der Waals surface area contributed by atoms with Crippen molar-refractivity contribution in [2.75, 3.05) is 0 Å². The Morgan fingerprint density at radius 3 is 2.33 bits per heavy atom. The molecule has 0 radical (unpaired) electrons. The van der Waals surface area contributed by atoms with Crippen LogP contribution >= 0.6 is 0 Å². The number of hydrogen-bond donors (Lipinski definition) is 4. The molecule has 1 aromatic rings. The van der Waals surface area contributed by atoms with Gasteiger partial charge in [-0.1, -0.05) is 6.42 Å². The summed E-state index contributed by atoms with van der Waals surface area (Å²) >= 11 is 0. The van der Waals surface area contributed by atoms with Gasteiger partial charge >= 0.3 is 0 Å². The third kappa shape index (κ3) is 1.61. The van der Waals surface area contributed by atoms with Crippen LogP contribution in [0.15, 0.2) is 12.1 Å². The molecule has 0 amide bonds. The Labute approximate surface area is 88.0 Å². The van der Waals surface area contributed by atoms with Crippen LogP contribution in [0.1, 0.15) is 30.9 Å². The molecule has 0 saturated heterocycles. The molecular formula is C11H15NO3. The summed E-state index contributed by atoms with van der Waals surface area (Å²) in [5.74, 6) is -0.728. The van der Waals surface area contributed by atoms with Crippen LogP contribution in [0.3, 0.4) is 0 Å². The van der Waals surface area contributed by atoms with E-state index in [2.05, 4.69) is 0 Å². The summed E-state index contributed by atoms with van der Waals surface area (Å²) in [6.45, 7) is 0. The minimum absolute atomic E-state index is 0.259. The lowest BCUT2D eigenvalue weighted by Crippen LogP contribution is -2.26. The van der Waals surface area contributed by atoms with Crippen molar-refractivity contribution >= 4 is 0 Å². The maximum Gasteiger partial charge on any atom is 0.200 e. The fourth-order valence-corrected chi connectivity index (χ4v) is 1.91. The molecule has 0 aromatic heterocycles. The van der Waals surface area contributed by atoms with E-state index in [1.807, 2.05) is 0 Å². The van der Waals surface area contributed by atoms with Gasteiger partial charge in [-0.25, -0.2) is 0 Å². The number of nitrogens with two attached hydrogens (primary N) is 1. The number of hydrogen-bond acceptors (Lipinski definition) is 4. The normalized spacial score (nSPS) is 18.5. The summed E-state index contributed by atoms with van der Waals surface area (Å²) in [6, 6.07) is 2.65. The minimum Gasteiger partial charge on any atom is -0.504 e. The fraction of sp³-hybridized carbons (Fsp3) is 0.455. The molecule has 82 valence electrons. The maximum atomic E-state index is 9.63. The topological polar surface area (TPSA) is 86.7 Å². The third-order valence-corrected chi connectivity index (χ3v) is 3.18. The lowest BCUT2D eigenvalue weighted by atomic mass is 9.77. The summed E-state index contributed by atoms with van der Waals surface area (Å²) in [5, 5.41) is 28.1. The van der Waals surface area contributed by atoms with Crippen LogP contribution in [0.25, 0.3) is 0 Å². The number of rotatable bonds is 2. The highest BCUT2D eigenvalue weighted by atomic mass is 16.3. The Hall–Kier alpha value is -1.42. The molecular weight excluding hydrogens is 194 g/mol. The van der Waals surface area contributed by atoms with E-state index >= 15 is 0 Å². The van der Waals surface area contributed by atoms with Crippen molar-refractivity contribution in [3.05, 3.63) is 17.7 Å². The molecule has 4 heteroatoms. The van der Waals surface area contributed by atoms with Gasteiger partial charge in [0.1, 0.15) is 0 Å². The van der Waals surface area contributed by atoms with Crippen LogP contribution in [-0.2, 0) is 0 Å². The first kappa shape index (κ1) is 10.1. The second-order valence-electron chi connectivity index (χ2n) is 4.09. The molecule has 2 rings (SSSR count). The highest BCUT2D eigenvalue weighted by molar-refractivity contribution is 5.54. The van der Waals surface area contributed by atoms with Crippen LogP contribution in [0.4, 0.5) is 0 Å². The molecule has 1 saturated carbocycles. The van der Waals surface area contributed by atoms with Crippen LogP contribution in [-0.4, -0.2) is 15.3 Å². The van der Waals surface area contributed by atoms with Crippen molar-refractivity contribution in [3.63, 3.8) is 0 Å². The van der Waals surface area contributed by atoms with Crippen molar-refractivity contribution in [1.29, 1.82) is 0 Å². The summed E-state index contributed by atoms with van der Waals surface area (Å²) in [7, 11) is 0. The quantitative estimate of drug-likeness (QED) is 0.557. The van der Waals surface area contributed by atoms with Crippen molar-refractivity contribution < 1.29 is 15.3 Å². The van der Waals surface area contributed by atoms with E-state index in [1.165, 1.54) is 12.5 Å². The van der Waals surface area contributed by atoms with Crippen LogP contribution in [0, 0.1) is 5.92 Å². The highest BCUT2D eigenvalue weighted by Gasteiger charge is 2.28. The smallest absolute Gasteiger partial charge is 0.200 e. The minimum atomic E-state index is -0.484. The highest BCUT2D eigenvalue weighted by Crippen LogP contribution is 2.44. The van der Waals surface area contributed by atoms with Crippen molar-refractivity contribution in [1.82, 2.24) is 0 Å². The monoisotopic (exact) mass is 209 g/mol. The van der Waals surface area contributed by atoms with Gasteiger partial charge in [-0.2, -0.15) is 0 Å². The Kier molecular flexibility index (Phi) is 2.44. The van der Waals surface area contributed by atoms with E-state index in [0.29, 0.717) is 11.5 Å². The fourth-order valence-electron chi connectivity index (χ4n) is 1.91. The zero-order chi connectivity index (χ0) is 11.0. The van der Waals surface area contributed by atoms with Gasteiger partial charge in [-0.05, 0) is 30.9 Å².